The van der Waals surface area contributed by atoms with Crippen molar-refractivity contribution in [2.75, 3.05) is 13.3 Å². The molecule has 1 nitrogen and oxygen atoms in total. The van der Waals surface area contributed by atoms with E-state index in [0.717, 1.165) is 6.54 Å². The third-order valence-corrected chi connectivity index (χ3v) is 3.22. The maximum atomic E-state index is 2.34. The highest BCUT2D eigenvalue weighted by Crippen LogP contribution is 2.15. The van der Waals surface area contributed by atoms with Gasteiger partial charge in [0.25, 0.3) is 0 Å². The summed E-state index contributed by atoms with van der Waals surface area (Å²) in [6, 6.07) is 9.41. The highest BCUT2D eigenvalue weighted by atomic mass is 32.2. The zero-order valence-corrected chi connectivity index (χ0v) is 10.3. The second-order valence-electron chi connectivity index (χ2n) is 3.86. The van der Waals surface area contributed by atoms with Crippen LogP contribution in [0.1, 0.15) is 19.4 Å². The number of rotatable bonds is 4. The summed E-state index contributed by atoms with van der Waals surface area (Å²) in [7, 11) is 2.16. The molecule has 0 heterocycles. The quantitative estimate of drug-likeness (QED) is 0.700. The Labute approximate surface area is 91.5 Å². The van der Waals surface area contributed by atoms with Crippen LogP contribution in [0.4, 0.5) is 0 Å². The lowest BCUT2D eigenvalue weighted by molar-refractivity contribution is 0.266. The molecule has 0 aliphatic rings. The summed E-state index contributed by atoms with van der Waals surface area (Å²) in [4.78, 5) is 3.68. The molecule has 0 radical (unpaired) electrons. The Kier molecular flexibility index (Phi) is 4.49. The first kappa shape index (κ1) is 11.6. The molecule has 0 saturated heterocycles. The highest BCUT2D eigenvalue weighted by molar-refractivity contribution is 7.98. The van der Waals surface area contributed by atoms with Crippen LogP contribution in [0, 0.1) is 0 Å². The number of benzene rings is 1. The van der Waals surface area contributed by atoms with Crippen LogP contribution in [0.15, 0.2) is 29.2 Å². The van der Waals surface area contributed by atoms with Gasteiger partial charge in [0.2, 0.25) is 0 Å². The average molecular weight is 209 g/mol. The van der Waals surface area contributed by atoms with E-state index in [1.54, 1.807) is 11.8 Å². The van der Waals surface area contributed by atoms with Crippen molar-refractivity contribution in [3.05, 3.63) is 29.8 Å². The van der Waals surface area contributed by atoms with E-state index in [-0.39, 0.29) is 0 Å². The number of hydrogen-bond donors (Lipinski definition) is 0. The van der Waals surface area contributed by atoms with Gasteiger partial charge in [-0.15, -0.1) is 11.8 Å². The Morgan fingerprint density at radius 2 is 1.79 bits per heavy atom. The lowest BCUT2D eigenvalue weighted by Crippen LogP contribution is -2.25. The van der Waals surface area contributed by atoms with Crippen LogP contribution in [0.2, 0.25) is 0 Å². The first-order chi connectivity index (χ1) is 6.63. The standard InChI is InChI=1S/C12H19NS/c1-10(2)13(3)9-11-5-7-12(14-4)8-6-11/h5-8,10H,9H2,1-4H3. The van der Waals surface area contributed by atoms with Gasteiger partial charge >= 0.3 is 0 Å². The smallest absolute Gasteiger partial charge is 0.0233 e. The molecule has 0 aromatic heterocycles. The molecule has 0 bridgehead atoms. The lowest BCUT2D eigenvalue weighted by Gasteiger charge is -2.20. The van der Waals surface area contributed by atoms with E-state index in [9.17, 15) is 0 Å². The van der Waals surface area contributed by atoms with Crippen molar-refractivity contribution in [3.63, 3.8) is 0 Å². The summed E-state index contributed by atoms with van der Waals surface area (Å²) in [6.07, 6.45) is 2.11. The van der Waals surface area contributed by atoms with Crippen molar-refractivity contribution in [2.24, 2.45) is 0 Å². The molecule has 0 amide bonds. The third-order valence-electron chi connectivity index (χ3n) is 2.47. The Bertz CT molecular complexity index is 266. The molecule has 0 spiro atoms. The molecular weight excluding hydrogens is 190 g/mol. The molecule has 1 aromatic rings. The van der Waals surface area contributed by atoms with Crippen LogP contribution in [-0.4, -0.2) is 24.2 Å². The van der Waals surface area contributed by atoms with E-state index in [1.807, 2.05) is 0 Å². The maximum absolute atomic E-state index is 2.34. The van der Waals surface area contributed by atoms with Crippen LogP contribution in [0.5, 0.6) is 0 Å². The molecule has 0 saturated carbocycles. The molecule has 0 N–H and O–H groups in total. The molecule has 1 rings (SSSR count). The summed E-state index contributed by atoms with van der Waals surface area (Å²) in [5.74, 6) is 0. The van der Waals surface area contributed by atoms with Crippen molar-refractivity contribution < 1.29 is 0 Å². The molecular formula is C12H19NS. The SMILES string of the molecule is CSc1ccc(CN(C)C(C)C)cc1. The van der Waals surface area contributed by atoms with Crippen molar-refractivity contribution in [2.45, 2.75) is 31.3 Å². The highest BCUT2D eigenvalue weighted by Gasteiger charge is 2.03. The molecule has 1 aromatic carbocycles. The van der Waals surface area contributed by atoms with Gasteiger partial charge in [-0.2, -0.15) is 0 Å². The molecule has 14 heavy (non-hydrogen) atoms. The predicted octanol–water partition coefficient (Wildman–Crippen LogP) is 3.25. The Balaban J connectivity index is 2.59. The average Bonchev–Trinajstić information content (AvgIpc) is 2.19. The molecule has 0 aliphatic carbocycles. The normalized spacial score (nSPS) is 11.3. The van der Waals surface area contributed by atoms with E-state index >= 15 is 0 Å². The zero-order valence-electron chi connectivity index (χ0n) is 9.45. The van der Waals surface area contributed by atoms with E-state index < -0.39 is 0 Å². The summed E-state index contributed by atoms with van der Waals surface area (Å²) in [5.41, 5.74) is 1.39. The van der Waals surface area contributed by atoms with Gasteiger partial charge in [-0.05, 0) is 44.8 Å². The maximum Gasteiger partial charge on any atom is 0.0233 e. The first-order valence-corrected chi connectivity index (χ1v) is 6.19. The van der Waals surface area contributed by atoms with Crippen molar-refractivity contribution in [3.8, 4) is 0 Å². The fraction of sp³-hybridized carbons (Fsp3) is 0.500. The van der Waals surface area contributed by atoms with Gasteiger partial charge in [0, 0.05) is 17.5 Å². The van der Waals surface area contributed by atoms with Gasteiger partial charge in [0.1, 0.15) is 0 Å². The number of hydrogen-bond acceptors (Lipinski definition) is 2. The minimum absolute atomic E-state index is 0.607. The van der Waals surface area contributed by atoms with E-state index in [4.69, 9.17) is 0 Å². The van der Waals surface area contributed by atoms with Gasteiger partial charge < -0.3 is 0 Å². The summed E-state index contributed by atoms with van der Waals surface area (Å²) in [5, 5.41) is 0. The van der Waals surface area contributed by atoms with Gasteiger partial charge in [-0.1, -0.05) is 12.1 Å². The van der Waals surface area contributed by atoms with Gasteiger partial charge in [-0.25, -0.2) is 0 Å². The van der Waals surface area contributed by atoms with Gasteiger partial charge in [-0.3, -0.25) is 4.90 Å². The van der Waals surface area contributed by atoms with Gasteiger partial charge in [0.05, 0.1) is 0 Å². The largest absolute Gasteiger partial charge is 0.300 e. The topological polar surface area (TPSA) is 3.24 Å². The second kappa shape index (κ2) is 5.42. The Morgan fingerprint density at radius 3 is 2.21 bits per heavy atom. The molecule has 2 heteroatoms. The zero-order chi connectivity index (χ0) is 10.6. The molecule has 78 valence electrons. The molecule has 0 aliphatic heterocycles. The van der Waals surface area contributed by atoms with Crippen molar-refractivity contribution in [1.29, 1.82) is 0 Å². The Morgan fingerprint density at radius 1 is 1.21 bits per heavy atom. The number of thioether (sulfide) groups is 1. The van der Waals surface area contributed by atoms with E-state index in [1.165, 1.54) is 10.5 Å². The summed E-state index contributed by atoms with van der Waals surface area (Å²) in [6.45, 7) is 5.47. The fourth-order valence-electron chi connectivity index (χ4n) is 1.20. The monoisotopic (exact) mass is 209 g/mol. The molecule has 0 unspecified atom stereocenters. The van der Waals surface area contributed by atoms with E-state index in [0.29, 0.717) is 6.04 Å². The van der Waals surface area contributed by atoms with Crippen molar-refractivity contribution in [1.82, 2.24) is 4.90 Å². The minimum atomic E-state index is 0.607. The van der Waals surface area contributed by atoms with Crippen LogP contribution >= 0.6 is 11.8 Å². The first-order valence-electron chi connectivity index (χ1n) is 4.96. The second-order valence-corrected chi connectivity index (χ2v) is 4.74. The summed E-state index contributed by atoms with van der Waals surface area (Å²) >= 11 is 1.79. The minimum Gasteiger partial charge on any atom is -0.300 e. The molecule has 0 fully saturated rings. The van der Waals surface area contributed by atoms with Crippen LogP contribution in [0.25, 0.3) is 0 Å². The molecule has 0 atom stereocenters. The lowest BCUT2D eigenvalue weighted by atomic mass is 10.2. The van der Waals surface area contributed by atoms with E-state index in [2.05, 4.69) is 56.3 Å². The van der Waals surface area contributed by atoms with Gasteiger partial charge in [0.15, 0.2) is 0 Å². The van der Waals surface area contributed by atoms with Crippen LogP contribution < -0.4 is 0 Å². The number of nitrogens with zero attached hydrogens (tertiary/aromatic N) is 1. The fourth-order valence-corrected chi connectivity index (χ4v) is 1.61. The van der Waals surface area contributed by atoms with Crippen molar-refractivity contribution >= 4 is 11.8 Å². The Hall–Kier alpha value is -0.470. The summed E-state index contributed by atoms with van der Waals surface area (Å²) < 4.78 is 0. The van der Waals surface area contributed by atoms with Crippen LogP contribution in [-0.2, 0) is 6.54 Å². The third kappa shape index (κ3) is 3.35. The van der Waals surface area contributed by atoms with Crippen LogP contribution in [0.3, 0.4) is 0 Å². The predicted molar refractivity (Wildman–Crippen MR) is 64.8 cm³/mol.